The van der Waals surface area contributed by atoms with Crippen LogP contribution in [0.15, 0.2) is 12.2 Å². The second kappa shape index (κ2) is 37.1. The van der Waals surface area contributed by atoms with E-state index in [9.17, 15) is 4.57 Å². The van der Waals surface area contributed by atoms with Crippen molar-refractivity contribution >= 4 is 20.0 Å². The molecule has 0 heterocycles. The van der Waals surface area contributed by atoms with Crippen molar-refractivity contribution in [2.75, 3.05) is 12.7 Å². The summed E-state index contributed by atoms with van der Waals surface area (Å²) in [5.74, 6) is 0. The molecule has 0 atom stereocenters. The van der Waals surface area contributed by atoms with Gasteiger partial charge >= 0.3 is 7.60 Å². The number of nitrogens with two attached hydrogens (primary N) is 1. The van der Waals surface area contributed by atoms with Gasteiger partial charge in [-0.1, -0.05) is 154 Å². The standard InChI is InChI=1S/C18H37N.C14H31O3P.ClH/c1-2-3-4-5-6-7-8-9-10-11-12-13-14-15-16-17-18-19;1-2-3-4-5-6-7-8-9-10-11-12-13-14-18(15,16)17;/h9-10H,2-8,11-19H2,1H3;2-14H2,1H3,(H2,15,16,17);1H. The maximum atomic E-state index is 10.6. The molecule has 0 aliphatic heterocycles. The van der Waals surface area contributed by atoms with Crippen LogP contribution >= 0.6 is 20.0 Å². The Morgan fingerprint density at radius 1 is 0.500 bits per heavy atom. The van der Waals surface area contributed by atoms with Gasteiger partial charge in [0.15, 0.2) is 0 Å². The Hall–Kier alpha value is 0.140. The quantitative estimate of drug-likeness (QED) is 0.0487. The van der Waals surface area contributed by atoms with Crippen molar-refractivity contribution in [3.63, 3.8) is 0 Å². The van der Waals surface area contributed by atoms with Gasteiger partial charge in [-0.3, -0.25) is 4.57 Å². The number of halogens is 1. The van der Waals surface area contributed by atoms with Crippen LogP contribution < -0.4 is 5.73 Å². The van der Waals surface area contributed by atoms with Crippen LogP contribution in [0.3, 0.4) is 0 Å². The third-order valence-corrected chi connectivity index (χ3v) is 7.92. The molecule has 4 nitrogen and oxygen atoms in total. The molecule has 0 saturated carbocycles. The van der Waals surface area contributed by atoms with E-state index in [1.54, 1.807) is 0 Å². The summed E-state index contributed by atoms with van der Waals surface area (Å²) in [4.78, 5) is 17.4. The molecule has 4 N–H and O–H groups in total. The predicted octanol–water partition coefficient (Wildman–Crippen LogP) is 11.3. The van der Waals surface area contributed by atoms with Gasteiger partial charge in [0.1, 0.15) is 0 Å². The summed E-state index contributed by atoms with van der Waals surface area (Å²) < 4.78 is 10.6. The molecule has 0 spiro atoms. The summed E-state index contributed by atoms with van der Waals surface area (Å²) in [5.41, 5.74) is 5.47. The fourth-order valence-corrected chi connectivity index (χ4v) is 5.19. The van der Waals surface area contributed by atoms with Crippen LogP contribution in [0.1, 0.15) is 181 Å². The van der Waals surface area contributed by atoms with Crippen molar-refractivity contribution < 1.29 is 14.4 Å². The normalized spacial score (nSPS) is 11.4. The second-order valence-electron chi connectivity index (χ2n) is 11.0. The summed E-state index contributed by atoms with van der Waals surface area (Å²) in [5, 5.41) is 0. The van der Waals surface area contributed by atoms with Crippen LogP contribution in [-0.2, 0) is 4.57 Å². The average molecular weight is 582 g/mol. The minimum atomic E-state index is -3.75. The first kappa shape index (κ1) is 42.6. The Morgan fingerprint density at radius 3 is 1.11 bits per heavy atom. The number of rotatable bonds is 28. The van der Waals surface area contributed by atoms with Gasteiger partial charge in [-0.25, -0.2) is 0 Å². The number of hydrogen-bond donors (Lipinski definition) is 3. The molecule has 0 aliphatic rings. The SMILES string of the molecule is CCCCCCCCC=CCCCCCCCCN.CCCCCCCCCCCCCCP(=O)(O)O.Cl. The lowest BCUT2D eigenvalue weighted by Gasteiger charge is -2.04. The fraction of sp³-hybridized carbons (Fsp3) is 0.938. The van der Waals surface area contributed by atoms with Crippen LogP contribution in [0.25, 0.3) is 0 Å². The molecule has 0 aliphatic carbocycles. The van der Waals surface area contributed by atoms with Crippen molar-refractivity contribution in [3.05, 3.63) is 12.2 Å². The van der Waals surface area contributed by atoms with Gasteiger partial charge < -0.3 is 15.5 Å². The minimum absolute atomic E-state index is 0. The Labute approximate surface area is 245 Å². The molecule has 0 aromatic carbocycles. The second-order valence-corrected chi connectivity index (χ2v) is 12.8. The highest BCUT2D eigenvalue weighted by Crippen LogP contribution is 2.35. The summed E-state index contributed by atoms with van der Waals surface area (Å²) in [6.07, 6.45) is 38.7. The summed E-state index contributed by atoms with van der Waals surface area (Å²) in [6.45, 7) is 5.38. The van der Waals surface area contributed by atoms with Gasteiger partial charge in [0.2, 0.25) is 0 Å². The first-order valence-corrected chi connectivity index (χ1v) is 18.2. The Balaban J connectivity index is -0.000000629. The average Bonchev–Trinajstić information content (AvgIpc) is 2.87. The highest BCUT2D eigenvalue weighted by Gasteiger charge is 2.10. The van der Waals surface area contributed by atoms with Gasteiger partial charge in [-0.05, 0) is 45.1 Å². The van der Waals surface area contributed by atoms with E-state index in [-0.39, 0.29) is 18.6 Å². The lowest BCUT2D eigenvalue weighted by molar-refractivity contribution is 0.370. The van der Waals surface area contributed by atoms with Crippen LogP contribution in [0.5, 0.6) is 0 Å². The van der Waals surface area contributed by atoms with Gasteiger partial charge in [0.05, 0.1) is 0 Å². The molecule has 38 heavy (non-hydrogen) atoms. The van der Waals surface area contributed by atoms with Crippen molar-refractivity contribution in [1.82, 2.24) is 0 Å². The van der Waals surface area contributed by atoms with E-state index in [0.717, 1.165) is 19.4 Å². The molecule has 0 radical (unpaired) electrons. The predicted molar refractivity (Wildman–Crippen MR) is 174 cm³/mol. The minimum Gasteiger partial charge on any atom is -0.330 e. The maximum Gasteiger partial charge on any atom is 0.325 e. The monoisotopic (exact) mass is 581 g/mol. The van der Waals surface area contributed by atoms with Crippen LogP contribution in [0, 0.1) is 0 Å². The third-order valence-electron chi connectivity index (χ3n) is 7.02. The summed E-state index contributed by atoms with van der Waals surface area (Å²) in [7, 11) is -3.75. The Morgan fingerprint density at radius 2 is 0.789 bits per heavy atom. The first-order valence-electron chi connectivity index (χ1n) is 16.4. The van der Waals surface area contributed by atoms with E-state index in [1.165, 1.54) is 148 Å². The summed E-state index contributed by atoms with van der Waals surface area (Å²) in [6, 6.07) is 0. The molecular formula is C32H69ClNO3P. The third kappa shape index (κ3) is 46.0. The highest BCUT2D eigenvalue weighted by atomic mass is 35.5. The molecule has 0 rings (SSSR count). The molecule has 0 saturated heterocycles. The van der Waals surface area contributed by atoms with Crippen LogP contribution in [-0.4, -0.2) is 22.5 Å². The number of unbranched alkanes of at least 4 members (excludes halogenated alkanes) is 23. The lowest BCUT2D eigenvalue weighted by Crippen LogP contribution is -1.97. The zero-order valence-corrected chi connectivity index (χ0v) is 27.4. The van der Waals surface area contributed by atoms with Crippen molar-refractivity contribution in [2.45, 2.75) is 181 Å². The van der Waals surface area contributed by atoms with Crippen molar-refractivity contribution in [1.29, 1.82) is 0 Å². The molecule has 0 unspecified atom stereocenters. The molecule has 0 bridgehead atoms. The van der Waals surface area contributed by atoms with E-state index in [2.05, 4.69) is 26.0 Å². The van der Waals surface area contributed by atoms with E-state index in [0.29, 0.717) is 6.42 Å². The van der Waals surface area contributed by atoms with Crippen molar-refractivity contribution in [3.8, 4) is 0 Å². The Kier molecular flexibility index (Phi) is 41.6. The smallest absolute Gasteiger partial charge is 0.325 e. The van der Waals surface area contributed by atoms with Crippen LogP contribution in [0.4, 0.5) is 0 Å². The van der Waals surface area contributed by atoms with E-state index in [1.807, 2.05) is 0 Å². The van der Waals surface area contributed by atoms with E-state index < -0.39 is 7.60 Å². The zero-order valence-electron chi connectivity index (χ0n) is 25.7. The molecular weight excluding hydrogens is 513 g/mol. The largest absolute Gasteiger partial charge is 0.330 e. The van der Waals surface area contributed by atoms with Gasteiger partial charge in [-0.15, -0.1) is 12.4 Å². The maximum absolute atomic E-state index is 10.6. The topological polar surface area (TPSA) is 83.6 Å². The van der Waals surface area contributed by atoms with Crippen LogP contribution in [0.2, 0.25) is 0 Å². The molecule has 0 amide bonds. The fourth-order valence-electron chi connectivity index (χ4n) is 4.55. The number of hydrogen-bond acceptors (Lipinski definition) is 2. The molecule has 232 valence electrons. The lowest BCUT2D eigenvalue weighted by atomic mass is 10.1. The van der Waals surface area contributed by atoms with Gasteiger partial charge in [0, 0.05) is 6.16 Å². The number of allylic oxidation sites excluding steroid dienone is 2. The molecule has 0 aromatic heterocycles. The van der Waals surface area contributed by atoms with Crippen molar-refractivity contribution in [2.24, 2.45) is 5.73 Å². The van der Waals surface area contributed by atoms with Gasteiger partial charge in [-0.2, -0.15) is 0 Å². The summed E-state index contributed by atoms with van der Waals surface area (Å²) >= 11 is 0. The first-order chi connectivity index (χ1) is 18.0. The Bertz CT molecular complexity index is 485. The molecule has 0 fully saturated rings. The van der Waals surface area contributed by atoms with Gasteiger partial charge in [0.25, 0.3) is 0 Å². The van der Waals surface area contributed by atoms with E-state index in [4.69, 9.17) is 15.5 Å². The molecule has 0 aromatic rings. The van der Waals surface area contributed by atoms with E-state index >= 15 is 0 Å². The molecule has 6 heteroatoms. The zero-order chi connectivity index (χ0) is 27.7. The highest BCUT2D eigenvalue weighted by molar-refractivity contribution is 7.51.